The van der Waals surface area contributed by atoms with Crippen LogP contribution in [0.25, 0.3) is 5.65 Å². The third kappa shape index (κ3) is 4.61. The molecule has 1 aliphatic rings. The zero-order valence-corrected chi connectivity index (χ0v) is 16.8. The van der Waals surface area contributed by atoms with Crippen molar-refractivity contribution < 1.29 is 4.79 Å². The molecule has 0 aliphatic carbocycles. The minimum absolute atomic E-state index is 0.148. The monoisotopic (exact) mass is 406 g/mol. The van der Waals surface area contributed by atoms with Crippen LogP contribution >= 0.6 is 15.9 Å². The first-order chi connectivity index (χ1) is 11.9. The van der Waals surface area contributed by atoms with Crippen LogP contribution in [0.4, 0.5) is 0 Å². The van der Waals surface area contributed by atoms with Crippen molar-refractivity contribution >= 4 is 27.5 Å². The second-order valence-electron chi connectivity index (χ2n) is 7.44. The predicted molar refractivity (Wildman–Crippen MR) is 103 cm³/mol. The lowest BCUT2D eigenvalue weighted by atomic mass is 9.94. The summed E-state index contributed by atoms with van der Waals surface area (Å²) in [5, 5.41) is 3.16. The normalized spacial score (nSPS) is 18.0. The summed E-state index contributed by atoms with van der Waals surface area (Å²) in [6.45, 7) is 9.11. The molecule has 136 valence electrons. The molecule has 1 atom stereocenters. The Labute approximate surface area is 157 Å². The molecule has 0 aromatic carbocycles. The topological polar surface area (TPSA) is 49.6 Å². The molecule has 0 spiro atoms. The van der Waals surface area contributed by atoms with Gasteiger partial charge in [0.2, 0.25) is 5.91 Å². The Morgan fingerprint density at radius 2 is 2.00 bits per heavy atom. The molecule has 2 aromatic heterocycles. The average molecular weight is 407 g/mol. The zero-order chi connectivity index (χ0) is 18.0. The van der Waals surface area contributed by atoms with E-state index in [2.05, 4.69) is 58.1 Å². The summed E-state index contributed by atoms with van der Waals surface area (Å²) in [5.74, 6) is 0.840. The molecule has 0 saturated carbocycles. The van der Waals surface area contributed by atoms with Crippen LogP contribution in [-0.2, 0) is 11.3 Å². The number of piperidine rings is 1. The molecule has 1 saturated heterocycles. The number of amides is 1. The fourth-order valence-electron chi connectivity index (χ4n) is 3.18. The van der Waals surface area contributed by atoms with Crippen LogP contribution in [-0.4, -0.2) is 39.3 Å². The number of aromatic nitrogens is 2. The standard InChI is InChI=1S/C19H27BrN4O/c1-13(2)14(3)21-19(25)15-6-8-23(9-7-15)11-17-12-24-10-16(20)4-5-18(24)22-17/h4-5,10,12-15H,6-9,11H2,1-3H3,(H,21,25). The summed E-state index contributed by atoms with van der Waals surface area (Å²) < 4.78 is 3.10. The highest BCUT2D eigenvalue weighted by Gasteiger charge is 2.26. The van der Waals surface area contributed by atoms with Crippen molar-refractivity contribution in [1.29, 1.82) is 0 Å². The summed E-state index contributed by atoms with van der Waals surface area (Å²) in [7, 11) is 0. The molecule has 6 heteroatoms. The Bertz CT molecular complexity index is 734. The molecule has 3 heterocycles. The molecule has 1 N–H and O–H groups in total. The number of likely N-dealkylation sites (tertiary alicyclic amines) is 1. The Hall–Kier alpha value is -1.40. The van der Waals surface area contributed by atoms with Gasteiger partial charge in [0.1, 0.15) is 5.65 Å². The van der Waals surface area contributed by atoms with Gasteiger partial charge in [0, 0.05) is 35.4 Å². The van der Waals surface area contributed by atoms with Crippen LogP contribution in [0.3, 0.4) is 0 Å². The van der Waals surface area contributed by atoms with E-state index in [1.807, 2.05) is 22.7 Å². The third-order valence-electron chi connectivity index (χ3n) is 5.18. The number of carbonyl (C=O) groups excluding carboxylic acids is 1. The second kappa shape index (κ2) is 7.87. The molecule has 1 unspecified atom stereocenters. The number of hydrogen-bond acceptors (Lipinski definition) is 3. The fraction of sp³-hybridized carbons (Fsp3) is 0.579. The van der Waals surface area contributed by atoms with Crippen LogP contribution in [0.15, 0.2) is 29.0 Å². The van der Waals surface area contributed by atoms with Crippen molar-refractivity contribution in [3.8, 4) is 0 Å². The number of carbonyl (C=O) groups is 1. The smallest absolute Gasteiger partial charge is 0.223 e. The van der Waals surface area contributed by atoms with E-state index in [1.54, 1.807) is 0 Å². The molecule has 2 aromatic rings. The molecule has 1 fully saturated rings. The first-order valence-corrected chi connectivity index (χ1v) is 9.87. The second-order valence-corrected chi connectivity index (χ2v) is 8.35. The SMILES string of the molecule is CC(C)C(C)NC(=O)C1CCN(Cc2cn3cc(Br)ccc3n2)CC1. The molecule has 0 bridgehead atoms. The average Bonchev–Trinajstić information content (AvgIpc) is 2.96. The number of hydrogen-bond donors (Lipinski definition) is 1. The van der Waals surface area contributed by atoms with Gasteiger partial charge in [0.15, 0.2) is 0 Å². The number of pyridine rings is 1. The van der Waals surface area contributed by atoms with Gasteiger partial charge in [-0.2, -0.15) is 0 Å². The van der Waals surface area contributed by atoms with Gasteiger partial charge in [-0.15, -0.1) is 0 Å². The van der Waals surface area contributed by atoms with Gasteiger partial charge < -0.3 is 9.72 Å². The highest BCUT2D eigenvalue weighted by molar-refractivity contribution is 9.10. The van der Waals surface area contributed by atoms with Gasteiger partial charge in [0.25, 0.3) is 0 Å². The van der Waals surface area contributed by atoms with E-state index in [0.717, 1.165) is 48.3 Å². The number of rotatable bonds is 5. The molecular formula is C19H27BrN4O. The van der Waals surface area contributed by atoms with E-state index in [4.69, 9.17) is 0 Å². The molecule has 25 heavy (non-hydrogen) atoms. The summed E-state index contributed by atoms with van der Waals surface area (Å²) in [4.78, 5) is 19.5. The first-order valence-electron chi connectivity index (χ1n) is 9.08. The van der Waals surface area contributed by atoms with Crippen molar-refractivity contribution in [1.82, 2.24) is 19.6 Å². The minimum Gasteiger partial charge on any atom is -0.353 e. The molecule has 1 aliphatic heterocycles. The number of halogens is 1. The van der Waals surface area contributed by atoms with Crippen LogP contribution in [0.1, 0.15) is 39.3 Å². The van der Waals surface area contributed by atoms with Crippen LogP contribution in [0.5, 0.6) is 0 Å². The van der Waals surface area contributed by atoms with Gasteiger partial charge in [-0.05, 0) is 66.8 Å². The zero-order valence-electron chi connectivity index (χ0n) is 15.2. The molecule has 3 rings (SSSR count). The number of fused-ring (bicyclic) bond motifs is 1. The van der Waals surface area contributed by atoms with Gasteiger partial charge in [-0.1, -0.05) is 13.8 Å². The van der Waals surface area contributed by atoms with Gasteiger partial charge >= 0.3 is 0 Å². The van der Waals surface area contributed by atoms with E-state index in [0.29, 0.717) is 5.92 Å². The largest absolute Gasteiger partial charge is 0.353 e. The number of nitrogens with one attached hydrogen (secondary N) is 1. The van der Waals surface area contributed by atoms with Crippen LogP contribution < -0.4 is 5.32 Å². The van der Waals surface area contributed by atoms with Crippen molar-refractivity contribution in [3.63, 3.8) is 0 Å². The molecular weight excluding hydrogens is 380 g/mol. The van der Waals surface area contributed by atoms with Crippen LogP contribution in [0.2, 0.25) is 0 Å². The quantitative estimate of drug-likeness (QED) is 0.826. The number of nitrogens with zero attached hydrogens (tertiary/aromatic N) is 3. The van der Waals surface area contributed by atoms with E-state index < -0.39 is 0 Å². The summed E-state index contributed by atoms with van der Waals surface area (Å²) in [5.41, 5.74) is 2.05. The Kier molecular flexibility index (Phi) is 5.79. The molecule has 1 amide bonds. The van der Waals surface area contributed by atoms with E-state index in [-0.39, 0.29) is 17.9 Å². The minimum atomic E-state index is 0.148. The Morgan fingerprint density at radius 1 is 1.28 bits per heavy atom. The maximum absolute atomic E-state index is 12.4. The summed E-state index contributed by atoms with van der Waals surface area (Å²) in [6, 6.07) is 4.26. The first kappa shape index (κ1) is 18.4. The maximum atomic E-state index is 12.4. The summed E-state index contributed by atoms with van der Waals surface area (Å²) >= 11 is 3.49. The van der Waals surface area contributed by atoms with Crippen molar-refractivity contribution in [3.05, 3.63) is 34.7 Å². The fourth-order valence-corrected chi connectivity index (χ4v) is 3.54. The highest BCUT2D eigenvalue weighted by Crippen LogP contribution is 2.20. The van der Waals surface area contributed by atoms with Crippen LogP contribution in [0, 0.1) is 11.8 Å². The third-order valence-corrected chi connectivity index (χ3v) is 5.65. The Balaban J connectivity index is 1.52. The highest BCUT2D eigenvalue weighted by atomic mass is 79.9. The van der Waals surface area contributed by atoms with Gasteiger partial charge in [-0.3, -0.25) is 9.69 Å². The van der Waals surface area contributed by atoms with Gasteiger partial charge in [0.05, 0.1) is 5.69 Å². The maximum Gasteiger partial charge on any atom is 0.223 e. The van der Waals surface area contributed by atoms with E-state index >= 15 is 0 Å². The van der Waals surface area contributed by atoms with Crippen molar-refractivity contribution in [2.75, 3.05) is 13.1 Å². The lowest BCUT2D eigenvalue weighted by Crippen LogP contribution is -2.44. The van der Waals surface area contributed by atoms with Gasteiger partial charge in [-0.25, -0.2) is 4.98 Å². The lowest BCUT2D eigenvalue weighted by Gasteiger charge is -2.31. The predicted octanol–water partition coefficient (Wildman–Crippen LogP) is 3.47. The Morgan fingerprint density at radius 3 is 2.68 bits per heavy atom. The summed E-state index contributed by atoms with van der Waals surface area (Å²) in [6.07, 6.45) is 5.96. The molecule has 0 radical (unpaired) electrons. The van der Waals surface area contributed by atoms with Crippen molar-refractivity contribution in [2.45, 2.75) is 46.2 Å². The molecule has 5 nitrogen and oxygen atoms in total. The number of imidazole rings is 1. The lowest BCUT2D eigenvalue weighted by molar-refractivity contribution is -0.127. The van der Waals surface area contributed by atoms with E-state index in [9.17, 15) is 4.79 Å². The van der Waals surface area contributed by atoms with E-state index in [1.165, 1.54) is 0 Å². The van der Waals surface area contributed by atoms with Crippen molar-refractivity contribution in [2.24, 2.45) is 11.8 Å².